The summed E-state index contributed by atoms with van der Waals surface area (Å²) in [7, 11) is 0. The van der Waals surface area contributed by atoms with Gasteiger partial charge in [-0.15, -0.1) is 6.42 Å². The van der Waals surface area contributed by atoms with Crippen molar-refractivity contribution in [3.8, 4) is 18.1 Å². The maximum Gasteiger partial charge on any atom is 0.148 e. The Kier molecular flexibility index (Phi) is 5.71. The van der Waals surface area contributed by atoms with E-state index in [1.165, 1.54) is 19.3 Å². The smallest absolute Gasteiger partial charge is 0.148 e. The van der Waals surface area contributed by atoms with Crippen molar-refractivity contribution in [1.29, 1.82) is 0 Å². The van der Waals surface area contributed by atoms with Gasteiger partial charge in [-0.05, 0) is 31.0 Å². The maximum absolute atomic E-state index is 5.57. The topological polar surface area (TPSA) is 24.5 Å². The van der Waals surface area contributed by atoms with E-state index in [1.54, 1.807) is 0 Å². The predicted molar refractivity (Wildman–Crippen MR) is 80.7 cm³/mol. The van der Waals surface area contributed by atoms with Crippen molar-refractivity contribution in [3.05, 3.63) is 28.2 Å². The normalized spacial score (nSPS) is 16.0. The summed E-state index contributed by atoms with van der Waals surface area (Å²) >= 11 is 3.49. The molecule has 0 unspecified atom stereocenters. The Morgan fingerprint density at radius 3 is 2.84 bits per heavy atom. The number of halogens is 1. The van der Waals surface area contributed by atoms with Gasteiger partial charge in [0.2, 0.25) is 0 Å². The van der Waals surface area contributed by atoms with Gasteiger partial charge in [0.05, 0.1) is 0 Å². The van der Waals surface area contributed by atoms with Crippen LogP contribution >= 0.6 is 15.9 Å². The minimum atomic E-state index is 0.304. The SMILES string of the molecule is C#CCOc1ccc(Br)cc1CNN1CCCCC1. The highest BCUT2D eigenvalue weighted by molar-refractivity contribution is 9.10. The first-order valence-corrected chi connectivity index (χ1v) is 7.42. The minimum absolute atomic E-state index is 0.304. The molecule has 0 saturated carbocycles. The molecule has 1 aromatic rings. The van der Waals surface area contributed by atoms with Crippen molar-refractivity contribution < 1.29 is 4.74 Å². The van der Waals surface area contributed by atoms with Crippen molar-refractivity contribution in [2.24, 2.45) is 0 Å². The fourth-order valence-corrected chi connectivity index (χ4v) is 2.60. The van der Waals surface area contributed by atoms with Crippen molar-refractivity contribution in [1.82, 2.24) is 10.4 Å². The fourth-order valence-electron chi connectivity index (χ4n) is 2.20. The van der Waals surface area contributed by atoms with E-state index in [0.717, 1.165) is 35.4 Å². The Labute approximate surface area is 123 Å². The van der Waals surface area contributed by atoms with Crippen molar-refractivity contribution >= 4 is 15.9 Å². The predicted octanol–water partition coefficient (Wildman–Crippen LogP) is 2.95. The van der Waals surface area contributed by atoms with E-state index < -0.39 is 0 Å². The van der Waals surface area contributed by atoms with Gasteiger partial charge in [0.1, 0.15) is 12.4 Å². The van der Waals surface area contributed by atoms with Crippen LogP contribution in [0.2, 0.25) is 0 Å². The molecule has 0 atom stereocenters. The summed E-state index contributed by atoms with van der Waals surface area (Å²) in [6.07, 6.45) is 9.12. The van der Waals surface area contributed by atoms with E-state index in [4.69, 9.17) is 11.2 Å². The van der Waals surface area contributed by atoms with Crippen molar-refractivity contribution in [2.75, 3.05) is 19.7 Å². The van der Waals surface area contributed by atoms with Gasteiger partial charge in [-0.2, -0.15) is 0 Å². The summed E-state index contributed by atoms with van der Waals surface area (Å²) in [6, 6.07) is 5.99. The molecule has 1 aliphatic rings. The van der Waals surface area contributed by atoms with Gasteiger partial charge in [0, 0.05) is 29.7 Å². The number of benzene rings is 1. The van der Waals surface area contributed by atoms with E-state index in [2.05, 4.69) is 38.4 Å². The highest BCUT2D eigenvalue weighted by Crippen LogP contribution is 2.23. The van der Waals surface area contributed by atoms with Gasteiger partial charge in [-0.25, -0.2) is 5.01 Å². The Bertz CT molecular complexity index is 450. The molecule has 0 bridgehead atoms. The zero-order valence-electron chi connectivity index (χ0n) is 11.0. The van der Waals surface area contributed by atoms with Gasteiger partial charge >= 0.3 is 0 Å². The molecule has 3 nitrogen and oxygen atoms in total. The Morgan fingerprint density at radius 2 is 2.11 bits per heavy atom. The molecule has 1 fully saturated rings. The van der Waals surface area contributed by atoms with Gasteiger partial charge in [-0.3, -0.25) is 5.43 Å². The zero-order chi connectivity index (χ0) is 13.5. The van der Waals surface area contributed by atoms with Crippen LogP contribution < -0.4 is 10.2 Å². The van der Waals surface area contributed by atoms with Crippen LogP contribution in [0.15, 0.2) is 22.7 Å². The lowest BCUT2D eigenvalue weighted by molar-refractivity contribution is 0.150. The number of piperidine rings is 1. The zero-order valence-corrected chi connectivity index (χ0v) is 12.6. The number of nitrogens with zero attached hydrogens (tertiary/aromatic N) is 1. The number of terminal acetylenes is 1. The van der Waals surface area contributed by atoms with Crippen LogP contribution in [-0.4, -0.2) is 24.7 Å². The quantitative estimate of drug-likeness (QED) is 0.843. The molecule has 1 aromatic carbocycles. The summed E-state index contributed by atoms with van der Waals surface area (Å²) in [5.74, 6) is 3.35. The standard InChI is InChI=1S/C15H19BrN2O/c1-2-10-19-15-7-6-14(16)11-13(15)12-17-18-8-4-3-5-9-18/h1,6-7,11,17H,3-5,8-10,12H2. The van der Waals surface area contributed by atoms with E-state index in [0.29, 0.717) is 6.61 Å². The molecular formula is C15H19BrN2O. The summed E-state index contributed by atoms with van der Waals surface area (Å²) < 4.78 is 6.62. The summed E-state index contributed by atoms with van der Waals surface area (Å²) in [4.78, 5) is 0. The molecule has 0 spiro atoms. The first kappa shape index (κ1) is 14.4. The lowest BCUT2D eigenvalue weighted by atomic mass is 10.1. The van der Waals surface area contributed by atoms with Crippen LogP contribution in [0.25, 0.3) is 0 Å². The molecule has 1 saturated heterocycles. The molecule has 0 aromatic heterocycles. The number of nitrogens with one attached hydrogen (secondary N) is 1. The largest absolute Gasteiger partial charge is 0.481 e. The summed E-state index contributed by atoms with van der Waals surface area (Å²) in [6.45, 7) is 3.31. The van der Waals surface area contributed by atoms with Crippen LogP contribution in [0.1, 0.15) is 24.8 Å². The number of hydrogen-bond acceptors (Lipinski definition) is 3. The molecule has 0 radical (unpaired) electrons. The fraction of sp³-hybridized carbons (Fsp3) is 0.467. The van der Waals surface area contributed by atoms with Crippen LogP contribution in [0.3, 0.4) is 0 Å². The molecule has 0 aliphatic carbocycles. The molecule has 19 heavy (non-hydrogen) atoms. The number of ether oxygens (including phenoxy) is 1. The summed E-state index contributed by atoms with van der Waals surface area (Å²) in [5.41, 5.74) is 4.58. The molecule has 0 amide bonds. The monoisotopic (exact) mass is 322 g/mol. The first-order chi connectivity index (χ1) is 9.29. The van der Waals surface area contributed by atoms with E-state index in [9.17, 15) is 0 Å². The highest BCUT2D eigenvalue weighted by atomic mass is 79.9. The van der Waals surface area contributed by atoms with Crippen LogP contribution in [-0.2, 0) is 6.54 Å². The number of hydrazine groups is 1. The van der Waals surface area contributed by atoms with E-state index in [1.807, 2.05) is 12.1 Å². The van der Waals surface area contributed by atoms with Crippen LogP contribution in [0, 0.1) is 12.3 Å². The third-order valence-corrected chi connectivity index (χ3v) is 3.68. The Hall–Kier alpha value is -1.02. The first-order valence-electron chi connectivity index (χ1n) is 6.63. The van der Waals surface area contributed by atoms with Gasteiger partial charge in [0.15, 0.2) is 0 Å². The van der Waals surface area contributed by atoms with E-state index in [-0.39, 0.29) is 0 Å². The second kappa shape index (κ2) is 7.54. The average Bonchev–Trinajstić information content (AvgIpc) is 2.45. The molecule has 4 heteroatoms. The lowest BCUT2D eigenvalue weighted by Gasteiger charge is -2.27. The third-order valence-electron chi connectivity index (χ3n) is 3.18. The lowest BCUT2D eigenvalue weighted by Crippen LogP contribution is -2.41. The van der Waals surface area contributed by atoms with E-state index >= 15 is 0 Å². The number of hydrogen-bond donors (Lipinski definition) is 1. The molecule has 1 N–H and O–H groups in total. The van der Waals surface area contributed by atoms with Gasteiger partial charge in [0.25, 0.3) is 0 Å². The second-order valence-electron chi connectivity index (χ2n) is 4.63. The van der Waals surface area contributed by atoms with Gasteiger partial charge < -0.3 is 4.74 Å². The second-order valence-corrected chi connectivity index (χ2v) is 5.54. The molecule has 1 aliphatic heterocycles. The van der Waals surface area contributed by atoms with Crippen LogP contribution in [0.4, 0.5) is 0 Å². The summed E-state index contributed by atoms with van der Waals surface area (Å²) in [5, 5.41) is 2.29. The average molecular weight is 323 g/mol. The minimum Gasteiger partial charge on any atom is -0.481 e. The maximum atomic E-state index is 5.57. The molecule has 1 heterocycles. The molecule has 102 valence electrons. The van der Waals surface area contributed by atoms with Gasteiger partial charge in [-0.1, -0.05) is 28.3 Å². The van der Waals surface area contributed by atoms with Crippen LogP contribution in [0.5, 0.6) is 5.75 Å². The van der Waals surface area contributed by atoms with Crippen molar-refractivity contribution in [3.63, 3.8) is 0 Å². The third kappa shape index (κ3) is 4.54. The highest BCUT2D eigenvalue weighted by Gasteiger charge is 2.11. The number of rotatable bonds is 5. The van der Waals surface area contributed by atoms with Crippen molar-refractivity contribution in [2.45, 2.75) is 25.8 Å². The Morgan fingerprint density at radius 1 is 1.32 bits per heavy atom. The molecule has 2 rings (SSSR count). The Balaban J connectivity index is 1.96. The molecular weight excluding hydrogens is 304 g/mol.